The minimum absolute atomic E-state index is 0.0317. The van der Waals surface area contributed by atoms with Crippen LogP contribution in [0.5, 0.6) is 0 Å². The number of carbonyl (C=O) groups is 1. The molecule has 0 aliphatic carbocycles. The summed E-state index contributed by atoms with van der Waals surface area (Å²) in [5.41, 5.74) is 1.79. The molecule has 4 nitrogen and oxygen atoms in total. The van der Waals surface area contributed by atoms with E-state index in [4.69, 9.17) is 0 Å². The molecule has 0 unspecified atom stereocenters. The number of aromatic nitrogens is 2. The number of fused-ring (bicyclic) bond motifs is 1. The minimum atomic E-state index is -0.0317. The van der Waals surface area contributed by atoms with Gasteiger partial charge < -0.3 is 5.32 Å². The second kappa shape index (κ2) is 4.80. The summed E-state index contributed by atoms with van der Waals surface area (Å²) in [7, 11) is 0. The maximum atomic E-state index is 12.0. The number of benzene rings is 1. The van der Waals surface area contributed by atoms with E-state index in [1.165, 1.54) is 0 Å². The summed E-state index contributed by atoms with van der Waals surface area (Å²) < 4.78 is 0. The lowest BCUT2D eigenvalue weighted by Gasteiger charge is -2.18. The van der Waals surface area contributed by atoms with E-state index in [0.717, 1.165) is 17.3 Å². The summed E-state index contributed by atoms with van der Waals surface area (Å²) in [6, 6.07) is 5.55. The van der Waals surface area contributed by atoms with Gasteiger partial charge in [0.1, 0.15) is 0 Å². The highest BCUT2D eigenvalue weighted by Crippen LogP contribution is 2.17. The third-order valence-electron chi connectivity index (χ3n) is 2.86. The van der Waals surface area contributed by atoms with Crippen LogP contribution in [0.3, 0.4) is 0 Å². The molecule has 0 atom stereocenters. The third-order valence-corrected chi connectivity index (χ3v) is 2.86. The van der Waals surface area contributed by atoms with Crippen molar-refractivity contribution in [1.29, 1.82) is 0 Å². The van der Waals surface area contributed by atoms with Gasteiger partial charge in [-0.2, -0.15) is 5.10 Å². The fourth-order valence-electron chi connectivity index (χ4n) is 1.73. The molecular formula is C14H19N3O. The summed E-state index contributed by atoms with van der Waals surface area (Å²) in [6.45, 7) is 7.19. The fraction of sp³-hybridized carbons (Fsp3) is 0.429. The molecule has 0 aliphatic rings. The van der Waals surface area contributed by atoms with Gasteiger partial charge in [0.25, 0.3) is 5.91 Å². The van der Waals surface area contributed by atoms with Crippen LogP contribution in [0.25, 0.3) is 10.9 Å². The van der Waals surface area contributed by atoms with E-state index in [-0.39, 0.29) is 11.3 Å². The van der Waals surface area contributed by atoms with Gasteiger partial charge >= 0.3 is 0 Å². The second-order valence-electron chi connectivity index (χ2n) is 5.74. The Morgan fingerprint density at radius 2 is 2.17 bits per heavy atom. The lowest BCUT2D eigenvalue weighted by molar-refractivity contribution is 0.0949. The van der Waals surface area contributed by atoms with E-state index in [1.54, 1.807) is 6.20 Å². The summed E-state index contributed by atoms with van der Waals surface area (Å²) >= 11 is 0. The van der Waals surface area contributed by atoms with E-state index in [0.29, 0.717) is 12.1 Å². The molecule has 0 spiro atoms. The van der Waals surface area contributed by atoms with Gasteiger partial charge in [0.05, 0.1) is 11.7 Å². The molecule has 0 fully saturated rings. The normalized spacial score (nSPS) is 11.7. The zero-order valence-corrected chi connectivity index (χ0v) is 11.1. The topological polar surface area (TPSA) is 57.8 Å². The molecule has 0 bridgehead atoms. The predicted octanol–water partition coefficient (Wildman–Crippen LogP) is 2.73. The monoisotopic (exact) mass is 245 g/mol. The first-order valence-electron chi connectivity index (χ1n) is 6.17. The van der Waals surface area contributed by atoms with Gasteiger partial charge in [0.2, 0.25) is 0 Å². The number of carbonyl (C=O) groups excluding carboxylic acids is 1. The average Bonchev–Trinajstić information content (AvgIpc) is 2.73. The highest BCUT2D eigenvalue weighted by atomic mass is 16.1. The molecule has 0 saturated carbocycles. The van der Waals surface area contributed by atoms with Gasteiger partial charge in [-0.25, -0.2) is 0 Å². The Morgan fingerprint density at radius 1 is 1.39 bits per heavy atom. The van der Waals surface area contributed by atoms with Crippen molar-refractivity contribution in [3.8, 4) is 0 Å². The van der Waals surface area contributed by atoms with Gasteiger partial charge in [0, 0.05) is 17.5 Å². The number of aromatic amines is 1. The Balaban J connectivity index is 2.00. The number of nitrogens with zero attached hydrogens (tertiary/aromatic N) is 1. The smallest absolute Gasteiger partial charge is 0.251 e. The molecule has 4 heteroatoms. The van der Waals surface area contributed by atoms with Crippen molar-refractivity contribution >= 4 is 16.8 Å². The zero-order valence-electron chi connectivity index (χ0n) is 11.1. The number of H-pyrrole nitrogens is 1. The van der Waals surface area contributed by atoms with E-state index in [1.807, 2.05) is 18.2 Å². The number of hydrogen-bond donors (Lipinski definition) is 2. The molecule has 0 saturated heterocycles. The van der Waals surface area contributed by atoms with Crippen LogP contribution in [0.1, 0.15) is 37.6 Å². The Kier molecular flexibility index (Phi) is 3.36. The van der Waals surface area contributed by atoms with E-state index in [9.17, 15) is 4.79 Å². The molecule has 0 radical (unpaired) electrons. The molecule has 2 aromatic rings. The molecule has 2 rings (SSSR count). The molecule has 1 amide bonds. The molecule has 1 aromatic heterocycles. The van der Waals surface area contributed by atoms with Crippen molar-refractivity contribution in [2.75, 3.05) is 6.54 Å². The van der Waals surface area contributed by atoms with Gasteiger partial charge in [-0.05, 0) is 24.0 Å². The van der Waals surface area contributed by atoms with E-state index >= 15 is 0 Å². The summed E-state index contributed by atoms with van der Waals surface area (Å²) in [6.07, 6.45) is 2.71. The molecule has 1 aromatic carbocycles. The lowest BCUT2D eigenvalue weighted by Crippen LogP contribution is -2.27. The molecule has 0 aliphatic heterocycles. The van der Waals surface area contributed by atoms with Crippen LogP contribution >= 0.6 is 0 Å². The SMILES string of the molecule is CC(C)(C)CCNC(=O)c1ccc2cn[nH]c2c1. The van der Waals surface area contributed by atoms with Crippen LogP contribution in [0.2, 0.25) is 0 Å². The largest absolute Gasteiger partial charge is 0.352 e. The van der Waals surface area contributed by atoms with Gasteiger partial charge in [-0.3, -0.25) is 9.89 Å². The molecule has 96 valence electrons. The maximum absolute atomic E-state index is 12.0. The van der Waals surface area contributed by atoms with Gasteiger partial charge in [-0.1, -0.05) is 26.8 Å². The lowest BCUT2D eigenvalue weighted by atomic mass is 9.92. The third kappa shape index (κ3) is 3.09. The number of hydrogen-bond acceptors (Lipinski definition) is 2. The van der Waals surface area contributed by atoms with Crippen molar-refractivity contribution in [3.63, 3.8) is 0 Å². The Labute approximate surface area is 107 Å². The zero-order chi connectivity index (χ0) is 13.2. The molecule has 18 heavy (non-hydrogen) atoms. The van der Waals surface area contributed by atoms with Crippen molar-refractivity contribution in [2.24, 2.45) is 5.41 Å². The van der Waals surface area contributed by atoms with Gasteiger partial charge in [-0.15, -0.1) is 0 Å². The van der Waals surface area contributed by atoms with Crippen molar-refractivity contribution in [3.05, 3.63) is 30.0 Å². The van der Waals surface area contributed by atoms with Crippen molar-refractivity contribution < 1.29 is 4.79 Å². The second-order valence-corrected chi connectivity index (χ2v) is 5.74. The Morgan fingerprint density at radius 3 is 2.89 bits per heavy atom. The predicted molar refractivity (Wildman–Crippen MR) is 72.5 cm³/mol. The van der Waals surface area contributed by atoms with Crippen LogP contribution in [-0.2, 0) is 0 Å². The average molecular weight is 245 g/mol. The minimum Gasteiger partial charge on any atom is -0.352 e. The molecular weight excluding hydrogens is 226 g/mol. The fourth-order valence-corrected chi connectivity index (χ4v) is 1.73. The van der Waals surface area contributed by atoms with Crippen LogP contribution in [-0.4, -0.2) is 22.6 Å². The summed E-state index contributed by atoms with van der Waals surface area (Å²) in [5.74, 6) is -0.0317. The van der Waals surface area contributed by atoms with Crippen LogP contribution in [0, 0.1) is 5.41 Å². The first-order chi connectivity index (χ1) is 8.46. The van der Waals surface area contributed by atoms with Gasteiger partial charge in [0.15, 0.2) is 0 Å². The Hall–Kier alpha value is -1.84. The Bertz CT molecular complexity index is 551. The molecule has 1 heterocycles. The van der Waals surface area contributed by atoms with Crippen molar-refractivity contribution in [2.45, 2.75) is 27.2 Å². The highest BCUT2D eigenvalue weighted by molar-refractivity contribution is 5.97. The molecule has 2 N–H and O–H groups in total. The first kappa shape index (κ1) is 12.6. The van der Waals surface area contributed by atoms with Crippen LogP contribution < -0.4 is 5.32 Å². The highest BCUT2D eigenvalue weighted by Gasteiger charge is 2.11. The number of amides is 1. The van der Waals surface area contributed by atoms with Crippen molar-refractivity contribution in [1.82, 2.24) is 15.5 Å². The number of rotatable bonds is 3. The summed E-state index contributed by atoms with van der Waals surface area (Å²) in [5, 5.41) is 10.8. The van der Waals surface area contributed by atoms with E-state index in [2.05, 4.69) is 36.3 Å². The first-order valence-corrected chi connectivity index (χ1v) is 6.17. The van der Waals surface area contributed by atoms with Crippen LogP contribution in [0.15, 0.2) is 24.4 Å². The summed E-state index contributed by atoms with van der Waals surface area (Å²) in [4.78, 5) is 12.0. The maximum Gasteiger partial charge on any atom is 0.251 e. The standard InChI is InChI=1S/C14H19N3O/c1-14(2,3)6-7-15-13(18)10-4-5-11-9-16-17-12(11)8-10/h4-5,8-9H,6-7H2,1-3H3,(H,15,18)(H,16,17). The number of nitrogens with one attached hydrogen (secondary N) is 2. The van der Waals surface area contributed by atoms with Crippen LogP contribution in [0.4, 0.5) is 0 Å². The van der Waals surface area contributed by atoms with E-state index < -0.39 is 0 Å². The quantitative estimate of drug-likeness (QED) is 0.873.